The van der Waals surface area contributed by atoms with Gasteiger partial charge < -0.3 is 10.4 Å². The second-order valence-electron chi connectivity index (χ2n) is 3.82. The molecule has 0 fully saturated rings. The van der Waals surface area contributed by atoms with Gasteiger partial charge in [-0.2, -0.15) is 0 Å². The third-order valence-electron chi connectivity index (χ3n) is 2.37. The molecular weight excluding hydrogens is 252 g/mol. The van der Waals surface area contributed by atoms with E-state index in [1.165, 1.54) is 12.1 Å². The van der Waals surface area contributed by atoms with Gasteiger partial charge in [-0.1, -0.05) is 23.7 Å². The van der Waals surface area contributed by atoms with Gasteiger partial charge in [0, 0.05) is 6.20 Å². The first kappa shape index (κ1) is 12.4. The summed E-state index contributed by atoms with van der Waals surface area (Å²) < 4.78 is 0. The Hall–Kier alpha value is -2.07. The van der Waals surface area contributed by atoms with Gasteiger partial charge in [0.1, 0.15) is 5.75 Å². The van der Waals surface area contributed by atoms with Crippen molar-refractivity contribution in [3.8, 4) is 5.75 Å². The lowest BCUT2D eigenvalue weighted by Gasteiger charge is -2.08. The highest BCUT2D eigenvalue weighted by molar-refractivity contribution is 6.32. The molecule has 1 amide bonds. The van der Waals surface area contributed by atoms with E-state index in [4.69, 9.17) is 11.6 Å². The molecule has 0 unspecified atom stereocenters. The number of hydrogen-bond acceptors (Lipinski definition) is 3. The Bertz CT molecular complexity index is 599. The molecule has 5 heteroatoms. The lowest BCUT2D eigenvalue weighted by atomic mass is 10.2. The quantitative estimate of drug-likeness (QED) is 0.818. The summed E-state index contributed by atoms with van der Waals surface area (Å²) in [6, 6.07) is 8.01. The van der Waals surface area contributed by atoms with Gasteiger partial charge in [0.2, 0.25) is 0 Å². The SMILES string of the molecule is Cc1cnc(Cl)c(NC(=O)c2ccccc2O)c1. The van der Waals surface area contributed by atoms with Crippen molar-refractivity contribution >= 4 is 23.2 Å². The Kier molecular flexibility index (Phi) is 3.48. The number of aromatic hydroxyl groups is 1. The van der Waals surface area contributed by atoms with Crippen LogP contribution in [0.2, 0.25) is 5.15 Å². The molecule has 0 aliphatic carbocycles. The summed E-state index contributed by atoms with van der Waals surface area (Å²) in [5, 5.41) is 12.4. The first-order chi connectivity index (χ1) is 8.58. The second kappa shape index (κ2) is 5.06. The highest BCUT2D eigenvalue weighted by Crippen LogP contribution is 2.22. The molecule has 0 spiro atoms. The number of aryl methyl sites for hydroxylation is 1. The number of benzene rings is 1. The average Bonchev–Trinajstić information content (AvgIpc) is 2.34. The Balaban J connectivity index is 2.27. The van der Waals surface area contributed by atoms with Gasteiger partial charge in [-0.25, -0.2) is 4.98 Å². The first-order valence-electron chi connectivity index (χ1n) is 5.29. The molecule has 0 bridgehead atoms. The van der Waals surface area contributed by atoms with E-state index in [2.05, 4.69) is 10.3 Å². The van der Waals surface area contributed by atoms with Gasteiger partial charge in [0.15, 0.2) is 5.15 Å². The van der Waals surface area contributed by atoms with Crippen LogP contribution in [0, 0.1) is 6.92 Å². The standard InChI is InChI=1S/C13H11ClN2O2/c1-8-6-10(12(14)15-7-8)16-13(18)9-4-2-3-5-11(9)17/h2-7,17H,1H3,(H,16,18). The first-order valence-corrected chi connectivity index (χ1v) is 5.67. The molecule has 0 saturated carbocycles. The number of carbonyl (C=O) groups excluding carboxylic acids is 1. The average molecular weight is 263 g/mol. The van der Waals surface area contributed by atoms with Gasteiger partial charge in [0.25, 0.3) is 5.91 Å². The van der Waals surface area contributed by atoms with E-state index in [-0.39, 0.29) is 16.5 Å². The van der Waals surface area contributed by atoms with Gasteiger partial charge in [0.05, 0.1) is 11.3 Å². The minimum atomic E-state index is -0.428. The lowest BCUT2D eigenvalue weighted by molar-refractivity contribution is 0.102. The summed E-state index contributed by atoms with van der Waals surface area (Å²) in [7, 11) is 0. The third kappa shape index (κ3) is 2.60. The number of halogens is 1. The lowest BCUT2D eigenvalue weighted by Crippen LogP contribution is -2.12. The molecular formula is C13H11ClN2O2. The molecule has 0 aliphatic rings. The van der Waals surface area contributed by atoms with Crippen molar-refractivity contribution < 1.29 is 9.90 Å². The fraction of sp³-hybridized carbons (Fsp3) is 0.0769. The zero-order valence-corrected chi connectivity index (χ0v) is 10.4. The highest BCUT2D eigenvalue weighted by atomic mass is 35.5. The number of nitrogens with one attached hydrogen (secondary N) is 1. The van der Waals surface area contributed by atoms with E-state index in [1.807, 2.05) is 6.92 Å². The van der Waals surface area contributed by atoms with Crippen LogP contribution in [0.3, 0.4) is 0 Å². The van der Waals surface area contributed by atoms with Crippen molar-refractivity contribution in [2.24, 2.45) is 0 Å². The molecule has 0 radical (unpaired) electrons. The summed E-state index contributed by atoms with van der Waals surface area (Å²) in [4.78, 5) is 15.9. The van der Waals surface area contributed by atoms with E-state index in [1.54, 1.807) is 24.4 Å². The van der Waals surface area contributed by atoms with Crippen molar-refractivity contribution in [3.05, 3.63) is 52.8 Å². The molecule has 2 aromatic rings. The van der Waals surface area contributed by atoms with Crippen LogP contribution in [0.25, 0.3) is 0 Å². The zero-order valence-electron chi connectivity index (χ0n) is 9.64. The van der Waals surface area contributed by atoms with Crippen molar-refractivity contribution in [2.45, 2.75) is 6.92 Å². The number of phenolic OH excluding ortho intramolecular Hbond substituents is 1. The molecule has 0 aliphatic heterocycles. The fourth-order valence-electron chi connectivity index (χ4n) is 1.50. The van der Waals surface area contributed by atoms with E-state index >= 15 is 0 Å². The molecule has 1 aromatic carbocycles. The number of phenols is 1. The molecule has 2 rings (SSSR count). The van der Waals surface area contributed by atoms with Crippen LogP contribution >= 0.6 is 11.6 Å². The number of amides is 1. The molecule has 1 heterocycles. The molecule has 1 aromatic heterocycles. The molecule has 0 saturated heterocycles. The maximum Gasteiger partial charge on any atom is 0.259 e. The van der Waals surface area contributed by atoms with Crippen LogP contribution in [-0.4, -0.2) is 16.0 Å². The summed E-state index contributed by atoms with van der Waals surface area (Å²) in [5.41, 5.74) is 1.49. The Morgan fingerprint density at radius 3 is 2.83 bits per heavy atom. The minimum absolute atomic E-state index is 0.0771. The highest BCUT2D eigenvalue weighted by Gasteiger charge is 2.12. The van der Waals surface area contributed by atoms with Crippen molar-refractivity contribution in [3.63, 3.8) is 0 Å². The maximum atomic E-state index is 11.9. The number of nitrogens with zero attached hydrogens (tertiary/aromatic N) is 1. The van der Waals surface area contributed by atoms with Gasteiger partial charge in [-0.05, 0) is 30.7 Å². The zero-order chi connectivity index (χ0) is 13.1. The number of aromatic nitrogens is 1. The summed E-state index contributed by atoms with van der Waals surface area (Å²) >= 11 is 5.88. The van der Waals surface area contributed by atoms with E-state index < -0.39 is 5.91 Å². The van der Waals surface area contributed by atoms with Crippen LogP contribution in [0.15, 0.2) is 36.5 Å². The maximum absolute atomic E-state index is 11.9. The van der Waals surface area contributed by atoms with Gasteiger partial charge in [-0.15, -0.1) is 0 Å². The van der Waals surface area contributed by atoms with E-state index in [9.17, 15) is 9.90 Å². The van der Waals surface area contributed by atoms with Crippen LogP contribution in [0.5, 0.6) is 5.75 Å². The van der Waals surface area contributed by atoms with Crippen LogP contribution in [-0.2, 0) is 0 Å². The minimum Gasteiger partial charge on any atom is -0.507 e. The summed E-state index contributed by atoms with van der Waals surface area (Å²) in [6.45, 7) is 1.85. The summed E-state index contributed by atoms with van der Waals surface area (Å²) in [5.74, 6) is -0.505. The molecule has 0 atom stereocenters. The van der Waals surface area contributed by atoms with Gasteiger partial charge in [-0.3, -0.25) is 4.79 Å². The Morgan fingerprint density at radius 1 is 1.39 bits per heavy atom. The van der Waals surface area contributed by atoms with Gasteiger partial charge >= 0.3 is 0 Å². The molecule has 92 valence electrons. The van der Waals surface area contributed by atoms with Crippen molar-refractivity contribution in [2.75, 3.05) is 5.32 Å². The van der Waals surface area contributed by atoms with E-state index in [0.717, 1.165) is 5.56 Å². The normalized spacial score (nSPS) is 10.1. The van der Waals surface area contributed by atoms with Crippen LogP contribution < -0.4 is 5.32 Å². The number of hydrogen-bond donors (Lipinski definition) is 2. The second-order valence-corrected chi connectivity index (χ2v) is 4.18. The number of anilines is 1. The van der Waals surface area contributed by atoms with E-state index in [0.29, 0.717) is 5.69 Å². The molecule has 2 N–H and O–H groups in total. The predicted octanol–water partition coefficient (Wildman–Crippen LogP) is 3.00. The monoisotopic (exact) mass is 262 g/mol. The fourth-order valence-corrected chi connectivity index (χ4v) is 1.65. The molecule has 4 nitrogen and oxygen atoms in total. The van der Waals surface area contributed by atoms with Crippen LogP contribution in [0.4, 0.5) is 5.69 Å². The topological polar surface area (TPSA) is 62.2 Å². The number of rotatable bonds is 2. The largest absolute Gasteiger partial charge is 0.507 e. The number of carbonyl (C=O) groups is 1. The summed E-state index contributed by atoms with van der Waals surface area (Å²) in [6.07, 6.45) is 1.61. The van der Waals surface area contributed by atoms with Crippen LogP contribution in [0.1, 0.15) is 15.9 Å². The van der Waals surface area contributed by atoms with Crippen molar-refractivity contribution in [1.82, 2.24) is 4.98 Å². The smallest absolute Gasteiger partial charge is 0.259 e. The Morgan fingerprint density at radius 2 is 2.11 bits per heavy atom. The number of para-hydroxylation sites is 1. The predicted molar refractivity (Wildman–Crippen MR) is 70.0 cm³/mol. The molecule has 18 heavy (non-hydrogen) atoms. The third-order valence-corrected chi connectivity index (χ3v) is 2.67. The number of pyridine rings is 1. The Labute approximate surface area is 109 Å². The van der Waals surface area contributed by atoms with Crippen molar-refractivity contribution in [1.29, 1.82) is 0 Å².